The molecular weight excluding hydrogens is 365 g/mol. The molecule has 102 valence electrons. The number of para-hydroxylation sites is 2. The zero-order valence-electron chi connectivity index (χ0n) is 11.0. The molecule has 20 heavy (non-hydrogen) atoms. The molecule has 0 radical (unpaired) electrons. The highest BCUT2D eigenvalue weighted by Crippen LogP contribution is 2.18. The molecule has 0 fully saturated rings. The lowest BCUT2D eigenvalue weighted by Crippen LogP contribution is -2.07. The Morgan fingerprint density at radius 2 is 2.00 bits per heavy atom. The summed E-state index contributed by atoms with van der Waals surface area (Å²) in [6, 6.07) is 7.95. The third-order valence-corrected chi connectivity index (χ3v) is 4.27. The number of nitrogens with one attached hydrogen (secondary N) is 1. The number of hydrogen-bond acceptors (Lipinski definition) is 4. The Hall–Kier alpha value is -1.70. The minimum Gasteiger partial charge on any atom is -0.383 e. The fourth-order valence-corrected chi connectivity index (χ4v) is 2.74. The van der Waals surface area contributed by atoms with E-state index in [1.165, 1.54) is 0 Å². The van der Waals surface area contributed by atoms with E-state index >= 15 is 0 Å². The lowest BCUT2D eigenvalue weighted by atomic mass is 10.3. The van der Waals surface area contributed by atoms with E-state index in [4.69, 9.17) is 5.73 Å². The van der Waals surface area contributed by atoms with Crippen LogP contribution in [0.4, 0.5) is 5.82 Å². The molecule has 0 bridgehead atoms. The Balaban J connectivity index is 1.96. The molecule has 5 nitrogen and oxygen atoms in total. The number of fused-ring (bicyclic) bond motifs is 1. The number of aromatic nitrogens is 4. The highest BCUT2D eigenvalue weighted by molar-refractivity contribution is 14.1. The summed E-state index contributed by atoms with van der Waals surface area (Å²) in [5, 5.41) is 0. The summed E-state index contributed by atoms with van der Waals surface area (Å²) in [7, 11) is 0. The van der Waals surface area contributed by atoms with E-state index in [1.807, 2.05) is 24.3 Å². The standard InChI is InChI=1S/C14H14IN5/c1-2-8-13(15)14(16)20-12(17-8)7-11-18-9-5-3-4-6-10(9)19-11/h3-6H,2,7H2,1H3,(H,18,19)(H2,16,17,20). The minimum absolute atomic E-state index is 0.545. The van der Waals surface area contributed by atoms with Crippen molar-refractivity contribution in [3.05, 3.63) is 45.2 Å². The average molecular weight is 379 g/mol. The molecule has 0 aliphatic carbocycles. The van der Waals surface area contributed by atoms with Gasteiger partial charge in [0.2, 0.25) is 0 Å². The normalized spacial score (nSPS) is 11.1. The highest BCUT2D eigenvalue weighted by atomic mass is 127. The average Bonchev–Trinajstić information content (AvgIpc) is 2.84. The van der Waals surface area contributed by atoms with E-state index < -0.39 is 0 Å². The lowest BCUT2D eigenvalue weighted by Gasteiger charge is -2.06. The number of aromatic amines is 1. The SMILES string of the molecule is CCc1nc(Cc2nc3ccccc3[nH]2)nc(N)c1I. The number of H-pyrrole nitrogens is 1. The zero-order valence-corrected chi connectivity index (χ0v) is 13.2. The van der Waals surface area contributed by atoms with Gasteiger partial charge in [0, 0.05) is 0 Å². The van der Waals surface area contributed by atoms with Crippen molar-refractivity contribution in [2.75, 3.05) is 5.73 Å². The van der Waals surface area contributed by atoms with Crippen LogP contribution in [-0.4, -0.2) is 19.9 Å². The number of benzene rings is 1. The van der Waals surface area contributed by atoms with Crippen molar-refractivity contribution in [3.8, 4) is 0 Å². The topological polar surface area (TPSA) is 80.5 Å². The third kappa shape index (κ3) is 2.47. The molecule has 0 saturated heterocycles. The molecule has 0 unspecified atom stereocenters. The molecule has 1 aromatic carbocycles. The second-order valence-corrected chi connectivity index (χ2v) is 5.60. The second kappa shape index (κ2) is 5.35. The zero-order chi connectivity index (χ0) is 14.1. The smallest absolute Gasteiger partial charge is 0.140 e. The molecule has 3 aromatic rings. The number of imidazole rings is 1. The van der Waals surface area contributed by atoms with Gasteiger partial charge in [0.15, 0.2) is 0 Å². The van der Waals surface area contributed by atoms with E-state index in [-0.39, 0.29) is 0 Å². The number of hydrogen-bond donors (Lipinski definition) is 2. The van der Waals surface area contributed by atoms with E-state index in [0.717, 1.165) is 32.5 Å². The van der Waals surface area contributed by atoms with Crippen molar-refractivity contribution < 1.29 is 0 Å². The summed E-state index contributed by atoms with van der Waals surface area (Å²) in [6.07, 6.45) is 1.40. The van der Waals surface area contributed by atoms with Crippen LogP contribution < -0.4 is 5.73 Å². The largest absolute Gasteiger partial charge is 0.383 e. The summed E-state index contributed by atoms with van der Waals surface area (Å²) in [6.45, 7) is 2.06. The van der Waals surface area contributed by atoms with Crippen molar-refractivity contribution in [2.45, 2.75) is 19.8 Å². The molecule has 2 heterocycles. The number of aryl methyl sites for hydroxylation is 1. The van der Waals surface area contributed by atoms with Crippen molar-refractivity contribution in [2.24, 2.45) is 0 Å². The van der Waals surface area contributed by atoms with E-state index in [0.29, 0.717) is 18.1 Å². The first-order chi connectivity index (χ1) is 9.67. The fraction of sp³-hybridized carbons (Fsp3) is 0.214. The summed E-state index contributed by atoms with van der Waals surface area (Å²) in [4.78, 5) is 16.7. The number of anilines is 1. The molecule has 2 aromatic heterocycles. The minimum atomic E-state index is 0.545. The molecule has 0 amide bonds. The lowest BCUT2D eigenvalue weighted by molar-refractivity contribution is 0.874. The molecule has 0 aliphatic heterocycles. The fourth-order valence-electron chi connectivity index (χ4n) is 2.12. The van der Waals surface area contributed by atoms with Crippen LogP contribution in [0, 0.1) is 3.57 Å². The monoisotopic (exact) mass is 379 g/mol. The van der Waals surface area contributed by atoms with Crippen LogP contribution in [0.15, 0.2) is 24.3 Å². The van der Waals surface area contributed by atoms with Crippen LogP contribution in [0.1, 0.15) is 24.3 Å². The molecule has 0 spiro atoms. The summed E-state index contributed by atoms with van der Waals surface area (Å²) in [5.41, 5.74) is 8.91. The first-order valence-electron chi connectivity index (χ1n) is 6.41. The molecular formula is C14H14IN5. The van der Waals surface area contributed by atoms with Gasteiger partial charge in [-0.3, -0.25) is 0 Å². The van der Waals surface area contributed by atoms with E-state index in [1.54, 1.807) is 0 Å². The molecule has 3 rings (SSSR count). The van der Waals surface area contributed by atoms with Crippen LogP contribution in [0.25, 0.3) is 11.0 Å². The first kappa shape index (κ1) is 13.3. The maximum absolute atomic E-state index is 5.94. The summed E-state index contributed by atoms with van der Waals surface area (Å²) in [5.74, 6) is 2.11. The highest BCUT2D eigenvalue weighted by Gasteiger charge is 2.11. The molecule has 0 saturated carbocycles. The predicted molar refractivity (Wildman–Crippen MR) is 87.4 cm³/mol. The summed E-state index contributed by atoms with van der Waals surface area (Å²) < 4.78 is 0.943. The van der Waals surface area contributed by atoms with Crippen LogP contribution in [0.5, 0.6) is 0 Å². The van der Waals surface area contributed by atoms with Gasteiger partial charge in [-0.1, -0.05) is 19.1 Å². The number of nitrogens with zero attached hydrogens (tertiary/aromatic N) is 3. The Labute approximate surface area is 130 Å². The van der Waals surface area contributed by atoms with Gasteiger partial charge in [0.1, 0.15) is 17.5 Å². The number of nitrogens with two attached hydrogens (primary N) is 1. The Bertz CT molecular complexity index is 732. The Morgan fingerprint density at radius 1 is 1.20 bits per heavy atom. The number of halogens is 1. The number of rotatable bonds is 3. The quantitative estimate of drug-likeness (QED) is 0.686. The van der Waals surface area contributed by atoms with Crippen molar-refractivity contribution in [1.82, 2.24) is 19.9 Å². The molecule has 0 aliphatic rings. The van der Waals surface area contributed by atoms with E-state index in [9.17, 15) is 0 Å². The van der Waals surface area contributed by atoms with Crippen LogP contribution in [0.3, 0.4) is 0 Å². The molecule has 6 heteroatoms. The van der Waals surface area contributed by atoms with Gasteiger partial charge >= 0.3 is 0 Å². The number of nitrogen functional groups attached to an aromatic ring is 1. The Morgan fingerprint density at radius 3 is 2.75 bits per heavy atom. The van der Waals surface area contributed by atoms with Gasteiger partial charge in [-0.15, -0.1) is 0 Å². The Kier molecular flexibility index (Phi) is 3.56. The maximum atomic E-state index is 5.94. The van der Waals surface area contributed by atoms with Gasteiger partial charge in [0.05, 0.1) is 26.7 Å². The van der Waals surface area contributed by atoms with Gasteiger partial charge in [-0.05, 0) is 41.1 Å². The van der Waals surface area contributed by atoms with Gasteiger partial charge < -0.3 is 10.7 Å². The summed E-state index contributed by atoms with van der Waals surface area (Å²) >= 11 is 2.19. The molecule has 0 atom stereocenters. The maximum Gasteiger partial charge on any atom is 0.140 e. The van der Waals surface area contributed by atoms with Crippen molar-refractivity contribution in [1.29, 1.82) is 0 Å². The van der Waals surface area contributed by atoms with Gasteiger partial charge in [0.25, 0.3) is 0 Å². The molecule has 3 N–H and O–H groups in total. The van der Waals surface area contributed by atoms with Crippen LogP contribution >= 0.6 is 22.6 Å². The predicted octanol–water partition coefficient (Wildman–Crippen LogP) is 2.69. The van der Waals surface area contributed by atoms with Gasteiger partial charge in [-0.2, -0.15) is 0 Å². The van der Waals surface area contributed by atoms with Crippen LogP contribution in [0.2, 0.25) is 0 Å². The van der Waals surface area contributed by atoms with E-state index in [2.05, 4.69) is 49.5 Å². The van der Waals surface area contributed by atoms with Crippen molar-refractivity contribution in [3.63, 3.8) is 0 Å². The van der Waals surface area contributed by atoms with Gasteiger partial charge in [-0.25, -0.2) is 15.0 Å². The van der Waals surface area contributed by atoms with Crippen molar-refractivity contribution >= 4 is 39.4 Å². The van der Waals surface area contributed by atoms with Crippen LogP contribution in [-0.2, 0) is 12.8 Å². The second-order valence-electron chi connectivity index (χ2n) is 4.52. The third-order valence-electron chi connectivity index (χ3n) is 3.09. The first-order valence-corrected chi connectivity index (χ1v) is 7.49.